The molecule has 1 aliphatic rings. The first-order valence-electron chi connectivity index (χ1n) is 9.47. The predicted molar refractivity (Wildman–Crippen MR) is 107 cm³/mol. The number of likely N-dealkylation sites (tertiary alicyclic amines) is 1. The molecule has 0 aliphatic carbocycles. The molecule has 156 valence electrons. The number of aromatic nitrogens is 2. The first-order valence-corrected chi connectivity index (χ1v) is 9.84. The van der Waals surface area contributed by atoms with Crippen molar-refractivity contribution in [3.8, 4) is 5.75 Å². The SMILES string of the molecule is COc1ccc(Cl)cc1C(=O)N1CCC(C(=O)NC(C)(C)c2noc(C)n2)CC1. The fraction of sp³-hybridized carbons (Fsp3) is 0.500. The van der Waals surface area contributed by atoms with Crippen LogP contribution in [0.4, 0.5) is 0 Å². The molecule has 0 saturated carbocycles. The van der Waals surface area contributed by atoms with Gasteiger partial charge in [-0.3, -0.25) is 9.59 Å². The van der Waals surface area contributed by atoms with E-state index in [4.69, 9.17) is 20.9 Å². The number of hydrogen-bond donors (Lipinski definition) is 1. The maximum absolute atomic E-state index is 12.9. The number of hydrogen-bond acceptors (Lipinski definition) is 6. The Kier molecular flexibility index (Phi) is 6.12. The number of aryl methyl sites for hydroxylation is 1. The summed E-state index contributed by atoms with van der Waals surface area (Å²) < 4.78 is 10.3. The molecule has 1 aliphatic heterocycles. The molecule has 29 heavy (non-hydrogen) atoms. The second-order valence-corrected chi connectivity index (χ2v) is 8.10. The lowest BCUT2D eigenvalue weighted by atomic mass is 9.93. The number of rotatable bonds is 5. The van der Waals surface area contributed by atoms with Crippen LogP contribution in [0.2, 0.25) is 5.02 Å². The van der Waals surface area contributed by atoms with Crippen LogP contribution < -0.4 is 10.1 Å². The third kappa shape index (κ3) is 4.70. The summed E-state index contributed by atoms with van der Waals surface area (Å²) in [7, 11) is 1.52. The van der Waals surface area contributed by atoms with Gasteiger partial charge in [0.2, 0.25) is 11.8 Å². The van der Waals surface area contributed by atoms with Crippen LogP contribution >= 0.6 is 11.6 Å². The van der Waals surface area contributed by atoms with Crippen LogP contribution in [-0.2, 0) is 10.3 Å². The van der Waals surface area contributed by atoms with E-state index in [0.717, 1.165) is 0 Å². The number of nitrogens with zero attached hydrogens (tertiary/aromatic N) is 3. The number of ether oxygens (including phenoxy) is 1. The lowest BCUT2D eigenvalue weighted by Crippen LogP contribution is -2.48. The van der Waals surface area contributed by atoms with Gasteiger partial charge >= 0.3 is 0 Å². The van der Waals surface area contributed by atoms with Crippen molar-refractivity contribution in [2.24, 2.45) is 5.92 Å². The lowest BCUT2D eigenvalue weighted by Gasteiger charge is -2.33. The summed E-state index contributed by atoms with van der Waals surface area (Å²) in [4.78, 5) is 31.6. The minimum absolute atomic E-state index is 0.0788. The Balaban J connectivity index is 1.61. The molecule has 2 heterocycles. The van der Waals surface area contributed by atoms with Crippen LogP contribution in [0.15, 0.2) is 22.7 Å². The van der Waals surface area contributed by atoms with E-state index >= 15 is 0 Å². The molecule has 0 bridgehead atoms. The van der Waals surface area contributed by atoms with Crippen molar-refractivity contribution in [3.63, 3.8) is 0 Å². The number of carbonyl (C=O) groups excluding carboxylic acids is 2. The molecule has 2 amide bonds. The van der Waals surface area contributed by atoms with Crippen molar-refractivity contribution in [1.82, 2.24) is 20.4 Å². The Morgan fingerprint density at radius 1 is 1.31 bits per heavy atom. The van der Waals surface area contributed by atoms with Crippen molar-refractivity contribution in [1.29, 1.82) is 0 Å². The minimum atomic E-state index is -0.740. The molecule has 8 nitrogen and oxygen atoms in total. The molecule has 0 spiro atoms. The molecular formula is C20H25ClN4O4. The van der Waals surface area contributed by atoms with Crippen LogP contribution in [0.3, 0.4) is 0 Å². The third-order valence-electron chi connectivity index (χ3n) is 5.07. The summed E-state index contributed by atoms with van der Waals surface area (Å²) in [6, 6.07) is 4.97. The number of carbonyl (C=O) groups is 2. The van der Waals surface area contributed by atoms with Gasteiger partial charge in [-0.2, -0.15) is 4.98 Å². The molecule has 0 radical (unpaired) electrons. The van der Waals surface area contributed by atoms with Gasteiger partial charge in [-0.15, -0.1) is 0 Å². The molecule has 0 atom stereocenters. The smallest absolute Gasteiger partial charge is 0.257 e. The molecule has 1 N–H and O–H groups in total. The summed E-state index contributed by atoms with van der Waals surface area (Å²) in [5.41, 5.74) is -0.313. The highest BCUT2D eigenvalue weighted by Crippen LogP contribution is 2.27. The second kappa shape index (κ2) is 8.41. The highest BCUT2D eigenvalue weighted by Gasteiger charge is 2.34. The van der Waals surface area contributed by atoms with E-state index in [-0.39, 0.29) is 17.7 Å². The molecular weight excluding hydrogens is 396 g/mol. The Hall–Kier alpha value is -2.61. The van der Waals surface area contributed by atoms with E-state index in [1.807, 2.05) is 13.8 Å². The van der Waals surface area contributed by atoms with Crippen LogP contribution in [-0.4, -0.2) is 47.1 Å². The first kappa shape index (κ1) is 21.1. The summed E-state index contributed by atoms with van der Waals surface area (Å²) in [6.45, 7) is 6.33. The fourth-order valence-corrected chi connectivity index (χ4v) is 3.55. The zero-order valence-electron chi connectivity index (χ0n) is 17.0. The topological polar surface area (TPSA) is 97.6 Å². The molecule has 1 fully saturated rings. The van der Waals surface area contributed by atoms with E-state index in [1.54, 1.807) is 30.0 Å². The second-order valence-electron chi connectivity index (χ2n) is 7.66. The van der Waals surface area contributed by atoms with Crippen molar-refractivity contribution in [3.05, 3.63) is 40.5 Å². The maximum Gasteiger partial charge on any atom is 0.257 e. The third-order valence-corrected chi connectivity index (χ3v) is 5.30. The number of halogens is 1. The standard InChI is InChI=1S/C20H25ClN4O4/c1-12-22-19(24-29-12)20(2,3)23-17(26)13-7-9-25(10-8-13)18(27)15-11-14(21)5-6-16(15)28-4/h5-6,11,13H,7-10H2,1-4H3,(H,23,26). The predicted octanol–water partition coefficient (Wildman–Crippen LogP) is 2.94. The van der Waals surface area contributed by atoms with E-state index in [2.05, 4.69) is 15.5 Å². The van der Waals surface area contributed by atoms with Crippen LogP contribution in [0.1, 0.15) is 48.8 Å². The van der Waals surface area contributed by atoms with E-state index in [0.29, 0.717) is 54.0 Å². The highest BCUT2D eigenvalue weighted by atomic mass is 35.5. The normalized spacial score (nSPS) is 15.3. The number of piperidine rings is 1. The van der Waals surface area contributed by atoms with Gasteiger partial charge in [-0.05, 0) is 44.9 Å². The van der Waals surface area contributed by atoms with Gasteiger partial charge < -0.3 is 19.5 Å². The van der Waals surface area contributed by atoms with Gasteiger partial charge in [0.15, 0.2) is 5.82 Å². The summed E-state index contributed by atoms with van der Waals surface area (Å²) in [5, 5.41) is 7.37. The van der Waals surface area contributed by atoms with Crippen LogP contribution in [0.25, 0.3) is 0 Å². The number of methoxy groups -OCH3 is 1. The molecule has 1 saturated heterocycles. The Labute approximate surface area is 174 Å². The average molecular weight is 421 g/mol. The summed E-state index contributed by atoms with van der Waals surface area (Å²) in [5.74, 6) is 0.953. The number of nitrogens with one attached hydrogen (secondary N) is 1. The Morgan fingerprint density at radius 2 is 2.00 bits per heavy atom. The Morgan fingerprint density at radius 3 is 2.59 bits per heavy atom. The van der Waals surface area contributed by atoms with Crippen LogP contribution in [0, 0.1) is 12.8 Å². The molecule has 1 aromatic carbocycles. The van der Waals surface area contributed by atoms with Crippen molar-refractivity contribution in [2.45, 2.75) is 39.2 Å². The number of benzene rings is 1. The zero-order chi connectivity index (χ0) is 21.2. The zero-order valence-corrected chi connectivity index (χ0v) is 17.7. The van der Waals surface area contributed by atoms with E-state index < -0.39 is 5.54 Å². The molecule has 1 aromatic heterocycles. The Bertz CT molecular complexity index is 904. The fourth-order valence-electron chi connectivity index (χ4n) is 3.38. The van der Waals surface area contributed by atoms with Gasteiger partial charge in [-0.1, -0.05) is 16.8 Å². The molecule has 9 heteroatoms. The number of amides is 2. The van der Waals surface area contributed by atoms with Gasteiger partial charge in [0, 0.05) is 31.0 Å². The summed E-state index contributed by atoms with van der Waals surface area (Å²) >= 11 is 6.04. The van der Waals surface area contributed by atoms with Crippen molar-refractivity contribution >= 4 is 23.4 Å². The quantitative estimate of drug-likeness (QED) is 0.798. The monoisotopic (exact) mass is 420 g/mol. The molecule has 3 rings (SSSR count). The maximum atomic E-state index is 12.9. The van der Waals surface area contributed by atoms with E-state index in [1.165, 1.54) is 7.11 Å². The van der Waals surface area contributed by atoms with Gasteiger partial charge in [-0.25, -0.2) is 0 Å². The average Bonchev–Trinajstić information content (AvgIpc) is 3.14. The minimum Gasteiger partial charge on any atom is -0.496 e. The van der Waals surface area contributed by atoms with Crippen LogP contribution in [0.5, 0.6) is 5.75 Å². The molecule has 0 unspecified atom stereocenters. The van der Waals surface area contributed by atoms with E-state index in [9.17, 15) is 9.59 Å². The highest BCUT2D eigenvalue weighted by molar-refractivity contribution is 6.31. The van der Waals surface area contributed by atoms with Gasteiger partial charge in [0.25, 0.3) is 5.91 Å². The van der Waals surface area contributed by atoms with Crippen molar-refractivity contribution < 1.29 is 18.8 Å². The van der Waals surface area contributed by atoms with Gasteiger partial charge in [0.05, 0.1) is 18.2 Å². The van der Waals surface area contributed by atoms with Gasteiger partial charge in [0.1, 0.15) is 5.75 Å². The van der Waals surface area contributed by atoms with Crippen molar-refractivity contribution in [2.75, 3.05) is 20.2 Å². The summed E-state index contributed by atoms with van der Waals surface area (Å²) in [6.07, 6.45) is 1.14. The largest absolute Gasteiger partial charge is 0.496 e. The lowest BCUT2D eigenvalue weighted by molar-refractivity contribution is -0.128. The molecule has 2 aromatic rings. The first-order chi connectivity index (χ1) is 13.7.